The topological polar surface area (TPSA) is 17.8 Å². The number of hydrogen-bond acceptors (Lipinski definition) is 1. The molecule has 0 saturated heterocycles. The molecule has 1 aromatic heterocycles. The Morgan fingerprint density at radius 2 is 1.36 bits per heavy atom. The van der Waals surface area contributed by atoms with Crippen LogP contribution in [0.25, 0.3) is 22.5 Å². The average molecular weight is 330 g/mol. The quantitative estimate of drug-likeness (QED) is 0.553. The molecule has 25 heavy (non-hydrogen) atoms. The number of nitrogens with zero attached hydrogens (tertiary/aromatic N) is 2. The third-order valence-electron chi connectivity index (χ3n) is 5.57. The van der Waals surface area contributed by atoms with Crippen molar-refractivity contribution in [2.75, 3.05) is 0 Å². The molecule has 0 aliphatic heterocycles. The summed E-state index contributed by atoms with van der Waals surface area (Å²) in [5.74, 6) is 0.849. The molecule has 0 bridgehead atoms. The predicted molar refractivity (Wildman–Crippen MR) is 105 cm³/mol. The molecule has 0 spiro atoms. The van der Waals surface area contributed by atoms with Crippen molar-refractivity contribution in [3.8, 4) is 22.5 Å². The van der Waals surface area contributed by atoms with Crippen LogP contribution in [0.3, 0.4) is 0 Å². The van der Waals surface area contributed by atoms with Gasteiger partial charge in [-0.1, -0.05) is 67.6 Å². The Morgan fingerprint density at radius 1 is 0.800 bits per heavy atom. The fourth-order valence-electron chi connectivity index (χ4n) is 4.08. The lowest BCUT2D eigenvalue weighted by atomic mass is 9.87. The van der Waals surface area contributed by atoms with E-state index in [1.54, 1.807) is 0 Å². The molecule has 1 fully saturated rings. The summed E-state index contributed by atoms with van der Waals surface area (Å²) in [6.45, 7) is 4.59. The predicted octanol–water partition coefficient (Wildman–Crippen LogP) is 6.28. The van der Waals surface area contributed by atoms with Crippen molar-refractivity contribution in [2.24, 2.45) is 5.92 Å². The molecule has 0 radical (unpaired) electrons. The van der Waals surface area contributed by atoms with Gasteiger partial charge in [0.25, 0.3) is 0 Å². The second-order valence-electron chi connectivity index (χ2n) is 7.41. The molecule has 4 rings (SSSR count). The van der Waals surface area contributed by atoms with Gasteiger partial charge in [0.05, 0.1) is 17.4 Å². The van der Waals surface area contributed by atoms with E-state index in [9.17, 15) is 0 Å². The lowest BCUT2D eigenvalue weighted by Crippen LogP contribution is -2.18. The van der Waals surface area contributed by atoms with Gasteiger partial charge in [0.15, 0.2) is 0 Å². The number of rotatable bonds is 3. The van der Waals surface area contributed by atoms with Crippen molar-refractivity contribution >= 4 is 0 Å². The summed E-state index contributed by atoms with van der Waals surface area (Å²) in [5, 5.41) is 5.12. The molecular formula is C23H26N2. The molecule has 0 N–H and O–H groups in total. The SMILES string of the molecule is Cc1c(-c2ccccc2)nn(C2CCC(C)CC2)c1-c1ccccc1. The number of hydrogen-bond donors (Lipinski definition) is 0. The van der Waals surface area contributed by atoms with Gasteiger partial charge in [-0.05, 0) is 38.5 Å². The second-order valence-corrected chi connectivity index (χ2v) is 7.41. The van der Waals surface area contributed by atoms with Gasteiger partial charge in [0, 0.05) is 16.7 Å². The van der Waals surface area contributed by atoms with Gasteiger partial charge in [-0.2, -0.15) is 5.10 Å². The van der Waals surface area contributed by atoms with Crippen LogP contribution in [0.15, 0.2) is 60.7 Å². The normalized spacial score (nSPS) is 20.6. The van der Waals surface area contributed by atoms with Crippen molar-refractivity contribution in [1.29, 1.82) is 0 Å². The van der Waals surface area contributed by atoms with Crippen LogP contribution >= 0.6 is 0 Å². The van der Waals surface area contributed by atoms with Crippen LogP contribution in [0.2, 0.25) is 0 Å². The van der Waals surface area contributed by atoms with Crippen LogP contribution in [0.1, 0.15) is 44.2 Å². The third kappa shape index (κ3) is 3.13. The van der Waals surface area contributed by atoms with Gasteiger partial charge in [0.1, 0.15) is 0 Å². The maximum Gasteiger partial charge on any atom is 0.0959 e. The highest BCUT2D eigenvalue weighted by atomic mass is 15.3. The number of benzene rings is 2. The first-order valence-electron chi connectivity index (χ1n) is 9.44. The second kappa shape index (κ2) is 6.87. The van der Waals surface area contributed by atoms with Crippen molar-refractivity contribution in [2.45, 2.75) is 45.6 Å². The minimum atomic E-state index is 0.516. The van der Waals surface area contributed by atoms with Crippen LogP contribution in [-0.2, 0) is 0 Å². The molecule has 1 aliphatic carbocycles. The summed E-state index contributed by atoms with van der Waals surface area (Å²) in [4.78, 5) is 0. The third-order valence-corrected chi connectivity index (χ3v) is 5.57. The number of aromatic nitrogens is 2. The Hall–Kier alpha value is -2.35. The molecule has 1 aliphatic rings. The molecule has 128 valence electrons. The summed E-state index contributed by atoms with van der Waals surface area (Å²) < 4.78 is 2.33. The first kappa shape index (κ1) is 16.1. The van der Waals surface area contributed by atoms with E-state index in [4.69, 9.17) is 5.10 Å². The Balaban J connectivity index is 1.84. The van der Waals surface area contributed by atoms with Crippen LogP contribution in [0.5, 0.6) is 0 Å². The van der Waals surface area contributed by atoms with Crippen LogP contribution in [-0.4, -0.2) is 9.78 Å². The lowest BCUT2D eigenvalue weighted by molar-refractivity contribution is 0.276. The molecular weight excluding hydrogens is 304 g/mol. The molecule has 0 atom stereocenters. The average Bonchev–Trinajstić information content (AvgIpc) is 3.01. The van der Waals surface area contributed by atoms with E-state index < -0.39 is 0 Å². The summed E-state index contributed by atoms with van der Waals surface area (Å²) in [5.41, 5.74) is 6.18. The Labute approximate surface area is 150 Å². The zero-order chi connectivity index (χ0) is 17.2. The monoisotopic (exact) mass is 330 g/mol. The van der Waals surface area contributed by atoms with E-state index >= 15 is 0 Å². The lowest BCUT2D eigenvalue weighted by Gasteiger charge is -2.28. The Kier molecular flexibility index (Phi) is 4.44. The van der Waals surface area contributed by atoms with Gasteiger partial charge >= 0.3 is 0 Å². The highest BCUT2D eigenvalue weighted by molar-refractivity contribution is 5.74. The van der Waals surface area contributed by atoms with E-state index in [2.05, 4.69) is 79.2 Å². The molecule has 2 heteroatoms. The largest absolute Gasteiger partial charge is 0.261 e. The van der Waals surface area contributed by atoms with Crippen molar-refractivity contribution in [3.05, 3.63) is 66.2 Å². The maximum absolute atomic E-state index is 5.12. The van der Waals surface area contributed by atoms with Gasteiger partial charge < -0.3 is 0 Å². The van der Waals surface area contributed by atoms with Crippen molar-refractivity contribution in [1.82, 2.24) is 9.78 Å². The van der Waals surface area contributed by atoms with E-state index in [-0.39, 0.29) is 0 Å². The smallest absolute Gasteiger partial charge is 0.0959 e. The standard InChI is InChI=1S/C23H26N2/c1-17-13-15-21(16-14-17)25-23(20-11-7-4-8-12-20)18(2)22(24-25)19-9-5-3-6-10-19/h3-12,17,21H,13-16H2,1-2H3. The fourth-order valence-corrected chi connectivity index (χ4v) is 4.08. The van der Waals surface area contributed by atoms with Gasteiger partial charge in [-0.25, -0.2) is 0 Å². The van der Waals surface area contributed by atoms with E-state index in [1.165, 1.54) is 48.1 Å². The minimum absolute atomic E-state index is 0.516. The van der Waals surface area contributed by atoms with Crippen molar-refractivity contribution < 1.29 is 0 Å². The molecule has 3 aromatic rings. The van der Waals surface area contributed by atoms with E-state index in [1.807, 2.05) is 0 Å². The highest BCUT2D eigenvalue weighted by Crippen LogP contribution is 2.38. The summed E-state index contributed by atoms with van der Waals surface area (Å²) in [7, 11) is 0. The van der Waals surface area contributed by atoms with Crippen LogP contribution in [0, 0.1) is 12.8 Å². The highest BCUT2D eigenvalue weighted by Gasteiger charge is 2.25. The first-order valence-corrected chi connectivity index (χ1v) is 9.44. The maximum atomic E-state index is 5.12. The van der Waals surface area contributed by atoms with Gasteiger partial charge in [-0.15, -0.1) is 0 Å². The molecule has 0 unspecified atom stereocenters. The molecule has 2 nitrogen and oxygen atoms in total. The Morgan fingerprint density at radius 3 is 1.96 bits per heavy atom. The zero-order valence-electron chi connectivity index (χ0n) is 15.2. The molecule has 1 saturated carbocycles. The van der Waals surface area contributed by atoms with Gasteiger partial charge in [0.2, 0.25) is 0 Å². The van der Waals surface area contributed by atoms with Crippen LogP contribution in [0.4, 0.5) is 0 Å². The first-order chi connectivity index (χ1) is 12.2. The fraction of sp³-hybridized carbons (Fsp3) is 0.348. The van der Waals surface area contributed by atoms with Gasteiger partial charge in [-0.3, -0.25) is 4.68 Å². The van der Waals surface area contributed by atoms with E-state index in [0.717, 1.165) is 11.6 Å². The van der Waals surface area contributed by atoms with Crippen LogP contribution < -0.4 is 0 Å². The Bertz CT molecular complexity index is 825. The minimum Gasteiger partial charge on any atom is -0.261 e. The summed E-state index contributed by atoms with van der Waals surface area (Å²) in [6, 6.07) is 21.8. The summed E-state index contributed by atoms with van der Waals surface area (Å²) >= 11 is 0. The molecule has 0 amide bonds. The molecule has 2 aromatic carbocycles. The summed E-state index contributed by atoms with van der Waals surface area (Å²) in [6.07, 6.45) is 5.07. The molecule has 1 heterocycles. The zero-order valence-corrected chi connectivity index (χ0v) is 15.2. The van der Waals surface area contributed by atoms with Crippen molar-refractivity contribution in [3.63, 3.8) is 0 Å². The van der Waals surface area contributed by atoms with E-state index in [0.29, 0.717) is 6.04 Å².